The predicted octanol–water partition coefficient (Wildman–Crippen LogP) is 2.73. The normalized spacial score (nSPS) is 20.4. The van der Waals surface area contributed by atoms with Gasteiger partial charge in [0.1, 0.15) is 11.6 Å². The van der Waals surface area contributed by atoms with E-state index in [9.17, 15) is 8.78 Å². The third-order valence-corrected chi connectivity index (χ3v) is 3.53. The maximum atomic E-state index is 13.4. The maximum Gasteiger partial charge on any atom is 0.129 e. The first kappa shape index (κ1) is 11.5. The van der Waals surface area contributed by atoms with Crippen molar-refractivity contribution in [2.45, 2.75) is 26.7 Å². The molecule has 0 spiro atoms. The van der Waals surface area contributed by atoms with Crippen LogP contribution in [0.25, 0.3) is 0 Å². The maximum absolute atomic E-state index is 13.4. The summed E-state index contributed by atoms with van der Waals surface area (Å²) in [4.78, 5) is 0. The fourth-order valence-corrected chi connectivity index (χ4v) is 2.38. The van der Waals surface area contributed by atoms with Crippen LogP contribution in [-0.2, 0) is 6.42 Å². The van der Waals surface area contributed by atoms with E-state index in [0.717, 1.165) is 37.6 Å². The Balaban J connectivity index is 2.31. The van der Waals surface area contributed by atoms with Crippen molar-refractivity contribution in [1.29, 1.82) is 0 Å². The van der Waals surface area contributed by atoms with Crippen LogP contribution in [-0.4, -0.2) is 13.1 Å². The smallest absolute Gasteiger partial charge is 0.129 e. The number of hydrogen-bond acceptors (Lipinski definition) is 1. The summed E-state index contributed by atoms with van der Waals surface area (Å²) in [5, 5.41) is 3.27. The second-order valence-electron chi connectivity index (χ2n) is 4.63. The summed E-state index contributed by atoms with van der Waals surface area (Å²) in [6, 6.07) is 0.987. The molecule has 2 rings (SSSR count). The first-order valence-corrected chi connectivity index (χ1v) is 5.74. The van der Waals surface area contributed by atoms with Gasteiger partial charge in [-0.3, -0.25) is 0 Å². The molecule has 3 heteroatoms. The average molecular weight is 225 g/mol. The molecule has 0 amide bonds. The fourth-order valence-electron chi connectivity index (χ4n) is 2.38. The van der Waals surface area contributed by atoms with E-state index in [0.29, 0.717) is 17.0 Å². The van der Waals surface area contributed by atoms with E-state index >= 15 is 0 Å². The monoisotopic (exact) mass is 225 g/mol. The molecule has 1 nitrogen and oxygen atoms in total. The van der Waals surface area contributed by atoms with E-state index < -0.39 is 11.6 Å². The van der Waals surface area contributed by atoms with Gasteiger partial charge < -0.3 is 5.32 Å². The Morgan fingerprint density at radius 2 is 1.88 bits per heavy atom. The lowest BCUT2D eigenvalue weighted by atomic mass is 9.91. The van der Waals surface area contributed by atoms with Crippen LogP contribution >= 0.6 is 0 Å². The first-order chi connectivity index (χ1) is 7.59. The van der Waals surface area contributed by atoms with Crippen LogP contribution in [0.5, 0.6) is 0 Å². The van der Waals surface area contributed by atoms with Crippen LogP contribution in [0.3, 0.4) is 0 Å². The van der Waals surface area contributed by atoms with Crippen molar-refractivity contribution in [2.75, 3.05) is 13.1 Å². The molecule has 1 unspecified atom stereocenters. The Morgan fingerprint density at radius 3 is 2.38 bits per heavy atom. The van der Waals surface area contributed by atoms with Gasteiger partial charge in [-0.25, -0.2) is 8.78 Å². The molecule has 1 aliphatic rings. The molecule has 1 heterocycles. The van der Waals surface area contributed by atoms with Gasteiger partial charge in [-0.05, 0) is 62.4 Å². The minimum atomic E-state index is -0.427. The zero-order chi connectivity index (χ0) is 11.7. The van der Waals surface area contributed by atoms with Crippen molar-refractivity contribution < 1.29 is 8.78 Å². The van der Waals surface area contributed by atoms with Crippen LogP contribution < -0.4 is 5.32 Å². The molecule has 1 aliphatic heterocycles. The molecular weight excluding hydrogens is 208 g/mol. The lowest BCUT2D eigenvalue weighted by molar-refractivity contribution is 0.543. The molecule has 0 aromatic heterocycles. The van der Waals surface area contributed by atoms with Gasteiger partial charge in [-0.1, -0.05) is 0 Å². The Bertz CT molecular complexity index is 369. The molecule has 0 saturated carbocycles. The van der Waals surface area contributed by atoms with E-state index in [-0.39, 0.29) is 0 Å². The summed E-state index contributed by atoms with van der Waals surface area (Å²) in [7, 11) is 0. The van der Waals surface area contributed by atoms with Crippen molar-refractivity contribution >= 4 is 0 Å². The van der Waals surface area contributed by atoms with Crippen molar-refractivity contribution in [3.05, 3.63) is 34.4 Å². The number of halogens is 2. The van der Waals surface area contributed by atoms with Crippen LogP contribution in [0.4, 0.5) is 8.78 Å². The van der Waals surface area contributed by atoms with Gasteiger partial charge in [0.05, 0.1) is 0 Å². The third kappa shape index (κ3) is 2.09. The average Bonchev–Trinajstić information content (AvgIpc) is 2.74. The largest absolute Gasteiger partial charge is 0.316 e. The van der Waals surface area contributed by atoms with E-state index in [1.54, 1.807) is 13.8 Å². The number of rotatable bonds is 2. The molecular formula is C13H17F2N. The van der Waals surface area contributed by atoms with Gasteiger partial charge in [0, 0.05) is 6.07 Å². The topological polar surface area (TPSA) is 12.0 Å². The SMILES string of the molecule is Cc1c(F)cc(F)c(C)c1CC1CCNC1. The van der Waals surface area contributed by atoms with E-state index in [2.05, 4.69) is 5.32 Å². The molecule has 1 aromatic carbocycles. The quantitative estimate of drug-likeness (QED) is 0.816. The lowest BCUT2D eigenvalue weighted by Crippen LogP contribution is -2.13. The molecule has 1 N–H and O–H groups in total. The Labute approximate surface area is 94.9 Å². The van der Waals surface area contributed by atoms with Gasteiger partial charge >= 0.3 is 0 Å². The summed E-state index contributed by atoms with van der Waals surface area (Å²) in [6.07, 6.45) is 1.87. The summed E-state index contributed by atoms with van der Waals surface area (Å²) in [6.45, 7) is 5.44. The standard InChI is InChI=1S/C13H17F2N/c1-8-11(5-10-3-4-16-7-10)9(2)13(15)6-12(8)14/h6,10,16H,3-5,7H2,1-2H3. The Morgan fingerprint density at radius 1 is 1.25 bits per heavy atom. The van der Waals surface area contributed by atoms with Gasteiger partial charge in [0.15, 0.2) is 0 Å². The molecule has 0 radical (unpaired) electrons. The first-order valence-electron chi connectivity index (χ1n) is 5.74. The molecule has 1 atom stereocenters. The highest BCUT2D eigenvalue weighted by Crippen LogP contribution is 2.25. The van der Waals surface area contributed by atoms with E-state index in [1.165, 1.54) is 0 Å². The van der Waals surface area contributed by atoms with Crippen LogP contribution in [0.2, 0.25) is 0 Å². The highest BCUT2D eigenvalue weighted by Gasteiger charge is 2.19. The van der Waals surface area contributed by atoms with Gasteiger partial charge in [0.25, 0.3) is 0 Å². The zero-order valence-electron chi connectivity index (χ0n) is 9.74. The van der Waals surface area contributed by atoms with Gasteiger partial charge in [-0.2, -0.15) is 0 Å². The summed E-state index contributed by atoms with van der Waals surface area (Å²) >= 11 is 0. The third-order valence-electron chi connectivity index (χ3n) is 3.53. The van der Waals surface area contributed by atoms with E-state index in [4.69, 9.17) is 0 Å². The number of benzene rings is 1. The Kier molecular flexibility index (Phi) is 3.24. The van der Waals surface area contributed by atoms with Crippen molar-refractivity contribution in [1.82, 2.24) is 5.32 Å². The molecule has 1 aromatic rings. The van der Waals surface area contributed by atoms with Gasteiger partial charge in [0.2, 0.25) is 0 Å². The summed E-state index contributed by atoms with van der Waals surface area (Å²) < 4.78 is 26.9. The highest BCUT2D eigenvalue weighted by molar-refractivity contribution is 5.36. The van der Waals surface area contributed by atoms with E-state index in [1.807, 2.05) is 0 Å². The second kappa shape index (κ2) is 4.50. The van der Waals surface area contributed by atoms with Crippen molar-refractivity contribution in [3.8, 4) is 0 Å². The minimum absolute atomic E-state index is 0.427. The fraction of sp³-hybridized carbons (Fsp3) is 0.538. The molecule has 16 heavy (non-hydrogen) atoms. The minimum Gasteiger partial charge on any atom is -0.316 e. The molecule has 88 valence electrons. The van der Waals surface area contributed by atoms with Crippen molar-refractivity contribution in [3.63, 3.8) is 0 Å². The highest BCUT2D eigenvalue weighted by atomic mass is 19.1. The van der Waals surface area contributed by atoms with Crippen LogP contribution in [0, 0.1) is 31.4 Å². The molecule has 1 saturated heterocycles. The number of nitrogens with one attached hydrogen (secondary N) is 1. The molecule has 1 fully saturated rings. The van der Waals surface area contributed by atoms with Crippen LogP contribution in [0.1, 0.15) is 23.1 Å². The molecule has 0 bridgehead atoms. The Hall–Kier alpha value is -0.960. The van der Waals surface area contributed by atoms with Gasteiger partial charge in [-0.15, -0.1) is 0 Å². The predicted molar refractivity (Wildman–Crippen MR) is 60.5 cm³/mol. The number of hydrogen-bond donors (Lipinski definition) is 1. The van der Waals surface area contributed by atoms with Crippen molar-refractivity contribution in [2.24, 2.45) is 5.92 Å². The summed E-state index contributed by atoms with van der Waals surface area (Å²) in [5.74, 6) is -0.341. The lowest BCUT2D eigenvalue weighted by Gasteiger charge is -2.15. The molecule has 0 aliphatic carbocycles. The zero-order valence-corrected chi connectivity index (χ0v) is 9.74. The van der Waals surface area contributed by atoms with Crippen LogP contribution in [0.15, 0.2) is 6.07 Å². The summed E-state index contributed by atoms with van der Waals surface area (Å²) in [5.41, 5.74) is 2.06. The second-order valence-corrected chi connectivity index (χ2v) is 4.63.